The van der Waals surface area contributed by atoms with Gasteiger partial charge in [-0.25, -0.2) is 4.98 Å². The Hall–Kier alpha value is -1.78. The Balaban J connectivity index is 2.35. The van der Waals surface area contributed by atoms with Gasteiger partial charge >= 0.3 is 0 Å². The maximum Gasteiger partial charge on any atom is 0.128 e. The minimum Gasteiger partial charge on any atom is -0.373 e. The van der Waals surface area contributed by atoms with Gasteiger partial charge in [0.15, 0.2) is 0 Å². The minimum absolute atomic E-state index is 0.801. The second-order valence-corrected chi connectivity index (χ2v) is 3.52. The molecule has 0 aliphatic heterocycles. The lowest BCUT2D eigenvalue weighted by molar-refractivity contribution is 0.762. The molecule has 0 aliphatic rings. The molecular formula is C10H15N5. The molecule has 0 amide bonds. The van der Waals surface area contributed by atoms with Crippen molar-refractivity contribution in [2.75, 3.05) is 12.4 Å². The third kappa shape index (κ3) is 1.72. The van der Waals surface area contributed by atoms with Gasteiger partial charge in [-0.2, -0.15) is 5.10 Å². The highest BCUT2D eigenvalue weighted by atomic mass is 15.3. The van der Waals surface area contributed by atoms with Gasteiger partial charge in [-0.15, -0.1) is 0 Å². The summed E-state index contributed by atoms with van der Waals surface area (Å²) >= 11 is 0. The lowest BCUT2D eigenvalue weighted by Crippen LogP contribution is -2.03. The van der Waals surface area contributed by atoms with E-state index in [0.717, 1.165) is 18.1 Å². The first-order valence-corrected chi connectivity index (χ1v) is 4.88. The number of nitrogens with one attached hydrogen (secondary N) is 1. The summed E-state index contributed by atoms with van der Waals surface area (Å²) in [6.45, 7) is 2.82. The molecule has 15 heavy (non-hydrogen) atoms. The Morgan fingerprint density at radius 2 is 2.27 bits per heavy atom. The first kappa shape index (κ1) is 9.76. The van der Waals surface area contributed by atoms with Gasteiger partial charge in [-0.05, 0) is 6.92 Å². The lowest BCUT2D eigenvalue weighted by Gasteiger charge is -2.06. The van der Waals surface area contributed by atoms with Crippen molar-refractivity contribution >= 4 is 5.82 Å². The summed E-state index contributed by atoms with van der Waals surface area (Å²) in [5, 5.41) is 7.55. The molecule has 2 rings (SSSR count). The molecule has 2 heterocycles. The third-order valence-corrected chi connectivity index (χ3v) is 2.48. The van der Waals surface area contributed by atoms with Gasteiger partial charge in [0, 0.05) is 32.1 Å². The highest BCUT2D eigenvalue weighted by Crippen LogP contribution is 2.18. The molecule has 1 N–H and O–H groups in total. The molecule has 2 aromatic heterocycles. The van der Waals surface area contributed by atoms with E-state index in [2.05, 4.69) is 15.4 Å². The average Bonchev–Trinajstić information content (AvgIpc) is 2.77. The van der Waals surface area contributed by atoms with Crippen LogP contribution in [-0.4, -0.2) is 26.4 Å². The van der Waals surface area contributed by atoms with Gasteiger partial charge in [0.1, 0.15) is 5.82 Å². The number of aryl methyl sites for hydroxylation is 2. The number of hydrogen-bond acceptors (Lipinski definition) is 3. The maximum atomic E-state index is 4.38. The lowest BCUT2D eigenvalue weighted by atomic mass is 10.2. The second kappa shape index (κ2) is 3.76. The molecule has 80 valence electrons. The summed E-state index contributed by atoms with van der Waals surface area (Å²) in [6.07, 6.45) is 5.54. The summed E-state index contributed by atoms with van der Waals surface area (Å²) in [6, 6.07) is 0. The van der Waals surface area contributed by atoms with Crippen LogP contribution < -0.4 is 5.32 Å². The Bertz CT molecular complexity index is 441. The van der Waals surface area contributed by atoms with Crippen LogP contribution in [-0.2, 0) is 13.6 Å². The highest BCUT2D eigenvalue weighted by molar-refractivity contribution is 5.47. The molecule has 0 saturated heterocycles. The van der Waals surface area contributed by atoms with Gasteiger partial charge in [-0.1, -0.05) is 0 Å². The molecular weight excluding hydrogens is 190 g/mol. The molecule has 0 fully saturated rings. The topological polar surface area (TPSA) is 47.7 Å². The molecule has 0 radical (unpaired) electrons. The van der Waals surface area contributed by atoms with E-state index in [1.54, 1.807) is 6.20 Å². The summed E-state index contributed by atoms with van der Waals surface area (Å²) in [7, 11) is 3.85. The summed E-state index contributed by atoms with van der Waals surface area (Å²) in [5.74, 6) is 1.06. The monoisotopic (exact) mass is 205 g/mol. The van der Waals surface area contributed by atoms with Crippen LogP contribution in [0.1, 0.15) is 11.3 Å². The molecule has 5 nitrogen and oxygen atoms in total. The Morgan fingerprint density at radius 1 is 1.47 bits per heavy atom. The number of aromatic nitrogens is 4. The zero-order valence-corrected chi connectivity index (χ0v) is 9.23. The fraction of sp³-hybridized carbons (Fsp3) is 0.400. The molecule has 0 spiro atoms. The van der Waals surface area contributed by atoms with Crippen molar-refractivity contribution in [2.45, 2.75) is 13.5 Å². The van der Waals surface area contributed by atoms with Gasteiger partial charge in [0.05, 0.1) is 18.6 Å². The zero-order valence-electron chi connectivity index (χ0n) is 9.23. The van der Waals surface area contributed by atoms with Crippen LogP contribution >= 0.6 is 0 Å². The zero-order chi connectivity index (χ0) is 10.8. The van der Waals surface area contributed by atoms with Gasteiger partial charge in [-0.3, -0.25) is 4.68 Å². The Kier molecular flexibility index (Phi) is 2.45. The highest BCUT2D eigenvalue weighted by Gasteiger charge is 2.11. The molecule has 0 aliphatic carbocycles. The van der Waals surface area contributed by atoms with Crippen molar-refractivity contribution in [1.82, 2.24) is 19.3 Å². The predicted octanol–water partition coefficient (Wildman–Crippen LogP) is 1.02. The van der Waals surface area contributed by atoms with Crippen molar-refractivity contribution in [3.8, 4) is 0 Å². The van der Waals surface area contributed by atoms with E-state index in [4.69, 9.17) is 0 Å². The molecule has 5 heteroatoms. The smallest absolute Gasteiger partial charge is 0.128 e. The second-order valence-electron chi connectivity index (χ2n) is 3.52. The molecule has 0 unspecified atom stereocenters. The van der Waals surface area contributed by atoms with E-state index in [1.165, 1.54) is 5.56 Å². The van der Waals surface area contributed by atoms with Crippen LogP contribution in [0, 0.1) is 6.92 Å². The van der Waals surface area contributed by atoms with Crippen LogP contribution in [0.15, 0.2) is 18.7 Å². The number of rotatable bonds is 3. The quantitative estimate of drug-likeness (QED) is 0.813. The van der Waals surface area contributed by atoms with E-state index in [-0.39, 0.29) is 0 Å². The van der Waals surface area contributed by atoms with E-state index in [9.17, 15) is 0 Å². The van der Waals surface area contributed by atoms with Crippen LogP contribution in [0.3, 0.4) is 0 Å². The number of imidazole rings is 1. The Morgan fingerprint density at radius 3 is 2.87 bits per heavy atom. The normalized spacial score (nSPS) is 10.6. The van der Waals surface area contributed by atoms with Crippen molar-refractivity contribution in [2.24, 2.45) is 7.05 Å². The number of anilines is 1. The van der Waals surface area contributed by atoms with Crippen molar-refractivity contribution < 1.29 is 0 Å². The number of hydrogen-bond donors (Lipinski definition) is 1. The fourth-order valence-electron chi connectivity index (χ4n) is 1.77. The van der Waals surface area contributed by atoms with Crippen LogP contribution in [0.4, 0.5) is 5.82 Å². The van der Waals surface area contributed by atoms with E-state index in [0.29, 0.717) is 0 Å². The van der Waals surface area contributed by atoms with Crippen LogP contribution in [0.2, 0.25) is 0 Å². The SMILES string of the molecule is CNc1c(Cn2ccnc2)c(C)nn1C. The fourth-order valence-corrected chi connectivity index (χ4v) is 1.77. The van der Waals surface area contributed by atoms with E-state index >= 15 is 0 Å². The van der Waals surface area contributed by atoms with Gasteiger partial charge < -0.3 is 9.88 Å². The molecule has 0 bridgehead atoms. The largest absolute Gasteiger partial charge is 0.373 e. The number of nitrogens with zero attached hydrogens (tertiary/aromatic N) is 4. The Labute approximate surface area is 88.7 Å². The first-order chi connectivity index (χ1) is 7.22. The van der Waals surface area contributed by atoms with Crippen molar-refractivity contribution in [3.05, 3.63) is 30.0 Å². The third-order valence-electron chi connectivity index (χ3n) is 2.48. The molecule has 0 saturated carbocycles. The molecule has 2 aromatic rings. The summed E-state index contributed by atoms with van der Waals surface area (Å²) in [4.78, 5) is 4.03. The van der Waals surface area contributed by atoms with Crippen LogP contribution in [0.25, 0.3) is 0 Å². The average molecular weight is 205 g/mol. The standard InChI is InChI=1S/C10H15N5/c1-8-9(6-15-5-4-12-7-15)10(11-2)14(3)13-8/h4-5,7,11H,6H2,1-3H3. The minimum atomic E-state index is 0.801. The van der Waals surface area contributed by atoms with Crippen LogP contribution in [0.5, 0.6) is 0 Å². The van der Waals surface area contributed by atoms with Crippen molar-refractivity contribution in [3.63, 3.8) is 0 Å². The first-order valence-electron chi connectivity index (χ1n) is 4.88. The summed E-state index contributed by atoms with van der Waals surface area (Å²) < 4.78 is 3.90. The predicted molar refractivity (Wildman–Crippen MR) is 58.8 cm³/mol. The molecule has 0 atom stereocenters. The van der Waals surface area contributed by atoms with Crippen molar-refractivity contribution in [1.29, 1.82) is 0 Å². The van der Waals surface area contributed by atoms with Gasteiger partial charge in [0.2, 0.25) is 0 Å². The van der Waals surface area contributed by atoms with Gasteiger partial charge in [0.25, 0.3) is 0 Å². The van der Waals surface area contributed by atoms with E-state index < -0.39 is 0 Å². The van der Waals surface area contributed by atoms with E-state index in [1.807, 2.05) is 42.8 Å². The maximum absolute atomic E-state index is 4.38. The summed E-state index contributed by atoms with van der Waals surface area (Å²) in [5.41, 5.74) is 2.26. The molecule has 0 aromatic carbocycles.